The van der Waals surface area contributed by atoms with Gasteiger partial charge in [-0.1, -0.05) is 0 Å². The van der Waals surface area contributed by atoms with Crippen molar-refractivity contribution in [2.45, 2.75) is 13.8 Å². The molecule has 0 saturated heterocycles. The molecule has 0 spiro atoms. The molecule has 3 N–H and O–H groups in total. The molecule has 0 fully saturated rings. The highest BCUT2D eigenvalue weighted by molar-refractivity contribution is 9.10. The molecule has 0 saturated carbocycles. The van der Waals surface area contributed by atoms with Crippen molar-refractivity contribution in [3.63, 3.8) is 0 Å². The third kappa shape index (κ3) is 4.24. The van der Waals surface area contributed by atoms with Crippen LogP contribution in [0.1, 0.15) is 24.2 Å². The van der Waals surface area contributed by atoms with Crippen molar-refractivity contribution in [1.29, 1.82) is 0 Å². The number of nitrogens with two attached hydrogens (primary N) is 1. The van der Waals surface area contributed by atoms with E-state index in [-0.39, 0.29) is 18.4 Å². The van der Waals surface area contributed by atoms with Crippen molar-refractivity contribution in [3.8, 4) is 0 Å². The number of hydrogen-bond donors (Lipinski definition) is 2. The number of likely N-dealkylation sites (N-methyl/N-ethyl adjacent to an activating group) is 1. The van der Waals surface area contributed by atoms with Crippen LogP contribution < -0.4 is 11.1 Å². The number of benzene rings is 1. The molecule has 5 nitrogen and oxygen atoms in total. The first-order valence-corrected chi connectivity index (χ1v) is 6.89. The lowest BCUT2D eigenvalue weighted by Gasteiger charge is -2.18. The fourth-order valence-electron chi connectivity index (χ4n) is 1.63. The average Bonchev–Trinajstić information content (AvgIpc) is 2.40. The van der Waals surface area contributed by atoms with Gasteiger partial charge in [-0.25, -0.2) is 0 Å². The molecule has 0 aliphatic carbocycles. The van der Waals surface area contributed by atoms with Crippen molar-refractivity contribution in [1.82, 2.24) is 10.2 Å². The second-order valence-corrected chi connectivity index (χ2v) is 4.84. The molecule has 1 rings (SSSR count). The Morgan fingerprint density at radius 1 is 1.32 bits per heavy atom. The van der Waals surface area contributed by atoms with E-state index < -0.39 is 0 Å². The largest absolute Gasteiger partial charge is 0.398 e. The van der Waals surface area contributed by atoms with E-state index in [0.717, 1.165) is 4.47 Å². The lowest BCUT2D eigenvalue weighted by Crippen LogP contribution is -2.40. The van der Waals surface area contributed by atoms with Gasteiger partial charge in [-0.3, -0.25) is 9.59 Å². The lowest BCUT2D eigenvalue weighted by atomic mass is 10.2. The minimum Gasteiger partial charge on any atom is -0.398 e. The Morgan fingerprint density at radius 2 is 1.95 bits per heavy atom. The van der Waals surface area contributed by atoms with Gasteiger partial charge in [-0.2, -0.15) is 0 Å². The highest BCUT2D eigenvalue weighted by atomic mass is 79.9. The number of anilines is 1. The van der Waals surface area contributed by atoms with E-state index in [4.69, 9.17) is 5.73 Å². The van der Waals surface area contributed by atoms with Crippen molar-refractivity contribution >= 4 is 33.4 Å². The number of amides is 2. The molecule has 2 amide bonds. The maximum Gasteiger partial charge on any atom is 0.251 e. The summed E-state index contributed by atoms with van der Waals surface area (Å²) in [5.74, 6) is -0.400. The molecule has 0 aromatic heterocycles. The van der Waals surface area contributed by atoms with E-state index in [0.29, 0.717) is 24.3 Å². The maximum absolute atomic E-state index is 11.9. The number of nitrogens with one attached hydrogen (secondary N) is 1. The van der Waals surface area contributed by atoms with Gasteiger partial charge in [0, 0.05) is 28.8 Å². The summed E-state index contributed by atoms with van der Waals surface area (Å²) in [6, 6.07) is 4.93. The van der Waals surface area contributed by atoms with Crippen LogP contribution in [0.25, 0.3) is 0 Å². The van der Waals surface area contributed by atoms with Gasteiger partial charge in [0.15, 0.2) is 0 Å². The molecule has 104 valence electrons. The van der Waals surface area contributed by atoms with E-state index in [1.807, 2.05) is 13.8 Å². The van der Waals surface area contributed by atoms with Gasteiger partial charge in [-0.05, 0) is 48.0 Å². The van der Waals surface area contributed by atoms with Gasteiger partial charge >= 0.3 is 0 Å². The molecule has 0 heterocycles. The number of rotatable bonds is 5. The highest BCUT2D eigenvalue weighted by Gasteiger charge is 2.12. The minimum absolute atomic E-state index is 0.00349. The van der Waals surface area contributed by atoms with Crippen LogP contribution in [0.5, 0.6) is 0 Å². The summed E-state index contributed by atoms with van der Waals surface area (Å²) in [5, 5.41) is 2.59. The normalized spacial score (nSPS) is 10.1. The van der Waals surface area contributed by atoms with Gasteiger partial charge < -0.3 is 16.0 Å². The molecule has 1 aromatic carbocycles. The fraction of sp³-hybridized carbons (Fsp3) is 0.385. The van der Waals surface area contributed by atoms with Gasteiger partial charge in [0.25, 0.3) is 5.91 Å². The van der Waals surface area contributed by atoms with Crippen LogP contribution in [-0.4, -0.2) is 36.3 Å². The molecule has 0 bridgehead atoms. The zero-order valence-electron chi connectivity index (χ0n) is 11.1. The Hall–Kier alpha value is -1.56. The van der Waals surface area contributed by atoms with Crippen LogP contribution in [0.3, 0.4) is 0 Å². The highest BCUT2D eigenvalue weighted by Crippen LogP contribution is 2.19. The van der Waals surface area contributed by atoms with Gasteiger partial charge in [0.05, 0.1) is 6.54 Å². The van der Waals surface area contributed by atoms with E-state index >= 15 is 0 Å². The summed E-state index contributed by atoms with van der Waals surface area (Å²) in [4.78, 5) is 25.3. The number of halogens is 1. The molecule has 6 heteroatoms. The molecule has 19 heavy (non-hydrogen) atoms. The number of carbonyl (C=O) groups is 2. The zero-order chi connectivity index (χ0) is 14.4. The summed E-state index contributed by atoms with van der Waals surface area (Å²) >= 11 is 3.26. The molecule has 0 aliphatic heterocycles. The van der Waals surface area contributed by atoms with Gasteiger partial charge in [-0.15, -0.1) is 0 Å². The summed E-state index contributed by atoms with van der Waals surface area (Å²) in [6.45, 7) is 5.07. The van der Waals surface area contributed by atoms with Gasteiger partial charge in [0.2, 0.25) is 5.91 Å². The van der Waals surface area contributed by atoms with Crippen molar-refractivity contribution in [2.24, 2.45) is 0 Å². The first kappa shape index (κ1) is 15.5. The van der Waals surface area contributed by atoms with Gasteiger partial charge in [0.1, 0.15) is 0 Å². The number of hydrogen-bond acceptors (Lipinski definition) is 3. The van der Waals surface area contributed by atoms with Crippen molar-refractivity contribution < 1.29 is 9.59 Å². The molecule has 0 unspecified atom stereocenters. The Morgan fingerprint density at radius 3 is 2.47 bits per heavy atom. The van der Waals surface area contributed by atoms with Crippen LogP contribution in [0, 0.1) is 0 Å². The molecule has 1 aromatic rings. The Kier molecular flexibility index (Phi) is 5.82. The van der Waals surface area contributed by atoms with E-state index in [1.165, 1.54) is 0 Å². The molecule has 0 atom stereocenters. The maximum atomic E-state index is 11.9. The zero-order valence-corrected chi connectivity index (χ0v) is 12.7. The quantitative estimate of drug-likeness (QED) is 0.807. The van der Waals surface area contributed by atoms with Crippen LogP contribution in [-0.2, 0) is 4.79 Å². The Bertz CT molecular complexity index is 473. The van der Waals surface area contributed by atoms with E-state index in [2.05, 4.69) is 21.2 Å². The van der Waals surface area contributed by atoms with Crippen LogP contribution in [0.4, 0.5) is 5.69 Å². The summed E-state index contributed by atoms with van der Waals surface area (Å²) < 4.78 is 0.739. The van der Waals surface area contributed by atoms with Crippen LogP contribution >= 0.6 is 15.9 Å². The second kappa shape index (κ2) is 7.13. The van der Waals surface area contributed by atoms with E-state index in [1.54, 1.807) is 23.1 Å². The number of nitrogens with zero attached hydrogens (tertiary/aromatic N) is 1. The molecular formula is C13H18BrN3O2. The first-order chi connectivity index (χ1) is 8.99. The molecule has 0 aliphatic rings. The summed E-state index contributed by atoms with van der Waals surface area (Å²) in [6.07, 6.45) is 0. The lowest BCUT2D eigenvalue weighted by molar-refractivity contribution is -0.129. The molecular weight excluding hydrogens is 310 g/mol. The predicted molar refractivity (Wildman–Crippen MR) is 78.8 cm³/mol. The third-order valence-corrected chi connectivity index (χ3v) is 3.50. The fourth-order valence-corrected chi connectivity index (χ4v) is 1.88. The smallest absolute Gasteiger partial charge is 0.251 e. The minimum atomic E-state index is -0.306. The summed E-state index contributed by atoms with van der Waals surface area (Å²) in [7, 11) is 0. The SMILES string of the molecule is CCN(CC)C(=O)CNC(=O)c1ccc(Br)c(N)c1. The Labute approximate surface area is 121 Å². The third-order valence-electron chi connectivity index (χ3n) is 2.77. The van der Waals surface area contributed by atoms with Crippen LogP contribution in [0.15, 0.2) is 22.7 Å². The number of carbonyl (C=O) groups excluding carboxylic acids is 2. The monoisotopic (exact) mass is 327 g/mol. The summed E-state index contributed by atoms with van der Waals surface area (Å²) in [5.41, 5.74) is 6.63. The standard InChI is InChI=1S/C13H18BrN3O2/c1-3-17(4-2)12(18)8-16-13(19)9-5-6-10(14)11(15)7-9/h5-7H,3-4,8,15H2,1-2H3,(H,16,19). The average molecular weight is 328 g/mol. The first-order valence-electron chi connectivity index (χ1n) is 6.10. The van der Waals surface area contributed by atoms with Crippen molar-refractivity contribution in [2.75, 3.05) is 25.4 Å². The topological polar surface area (TPSA) is 75.4 Å². The predicted octanol–water partition coefficient (Wildman–Crippen LogP) is 1.63. The second-order valence-electron chi connectivity index (χ2n) is 3.98. The Balaban J connectivity index is 2.60. The van der Waals surface area contributed by atoms with Crippen molar-refractivity contribution in [3.05, 3.63) is 28.2 Å². The van der Waals surface area contributed by atoms with Crippen LogP contribution in [0.2, 0.25) is 0 Å². The van der Waals surface area contributed by atoms with E-state index in [9.17, 15) is 9.59 Å². The number of nitrogen functional groups attached to an aromatic ring is 1. The molecule has 0 radical (unpaired) electrons.